The number of aliphatic imine (C=N–C) groups is 2. The first-order valence-corrected chi connectivity index (χ1v) is 18.9. The fraction of sp³-hybridized carbons (Fsp3) is 0.184. The fourth-order valence-electron chi connectivity index (χ4n) is 7.75. The molecule has 2 N–H and O–H groups in total. The number of carboxylic acid groups (broad SMARTS) is 2. The Balaban J connectivity index is 0.000000654. The topological polar surface area (TPSA) is 145 Å². The van der Waals surface area contributed by atoms with Crippen LogP contribution >= 0.6 is 0 Å². The van der Waals surface area contributed by atoms with E-state index in [-0.39, 0.29) is 39.9 Å². The zero-order valence-corrected chi connectivity index (χ0v) is 33.3. The molecule has 0 spiro atoms. The predicted octanol–water partition coefficient (Wildman–Crippen LogP) is 8.12. The second-order valence-electron chi connectivity index (χ2n) is 14.4. The summed E-state index contributed by atoms with van der Waals surface area (Å²) in [7, 11) is 0. The molecule has 2 aliphatic rings. The molecule has 58 heavy (non-hydrogen) atoms. The third-order valence-electron chi connectivity index (χ3n) is 10.3. The number of fused-ring (bicyclic) bond motifs is 2. The van der Waals surface area contributed by atoms with Gasteiger partial charge < -0.3 is 30.0 Å². The number of phenols is 2. The Morgan fingerprint density at radius 1 is 0.603 bits per heavy atom. The molecule has 295 valence electrons. The molecule has 2 fully saturated rings. The van der Waals surface area contributed by atoms with Crippen molar-refractivity contribution < 1.29 is 46.8 Å². The van der Waals surface area contributed by atoms with Gasteiger partial charge in [0.1, 0.15) is 11.5 Å². The Labute approximate surface area is 349 Å². The Hall–Kier alpha value is -6.29. The Bertz CT molecular complexity index is 2350. The molecular formula is C49H44CoN2O6. The van der Waals surface area contributed by atoms with Crippen LogP contribution in [0, 0.1) is 5.92 Å². The molecule has 0 heterocycles. The quantitative estimate of drug-likeness (QED) is 0.149. The Kier molecular flexibility index (Phi) is 14.6. The average Bonchev–Trinajstić information content (AvgIpc) is 3.80. The van der Waals surface area contributed by atoms with Crippen molar-refractivity contribution in [3.8, 4) is 56.0 Å². The number of aliphatic carboxylic acids is 2. The van der Waals surface area contributed by atoms with E-state index < -0.39 is 11.9 Å². The van der Waals surface area contributed by atoms with Crippen LogP contribution < -0.4 is 10.2 Å². The van der Waals surface area contributed by atoms with Crippen LogP contribution in [0.3, 0.4) is 0 Å². The molecular weight excluding hydrogens is 771 g/mol. The molecule has 2 saturated carbocycles. The van der Waals surface area contributed by atoms with Crippen LogP contribution in [0.15, 0.2) is 156 Å². The maximum atomic E-state index is 11.6. The monoisotopic (exact) mass is 815 g/mol. The first-order valence-electron chi connectivity index (χ1n) is 18.9. The number of hydrogen-bond acceptors (Lipinski definition) is 8. The van der Waals surface area contributed by atoms with Gasteiger partial charge in [0.15, 0.2) is 0 Å². The minimum absolute atomic E-state index is 0. The minimum atomic E-state index is -1.08. The zero-order valence-electron chi connectivity index (χ0n) is 32.2. The number of aromatic hydroxyl groups is 2. The Morgan fingerprint density at radius 3 is 1.38 bits per heavy atom. The van der Waals surface area contributed by atoms with Gasteiger partial charge in [-0.3, -0.25) is 9.98 Å². The average molecular weight is 816 g/mol. The van der Waals surface area contributed by atoms with Crippen molar-refractivity contribution in [2.45, 2.75) is 51.1 Å². The van der Waals surface area contributed by atoms with E-state index in [4.69, 9.17) is 29.8 Å². The number of benzene rings is 6. The number of nitrogens with zero attached hydrogens (tertiary/aromatic N) is 2. The summed E-state index contributed by atoms with van der Waals surface area (Å²) >= 11 is 0. The van der Waals surface area contributed by atoms with E-state index in [1.165, 1.54) is 0 Å². The molecule has 0 saturated heterocycles. The van der Waals surface area contributed by atoms with Gasteiger partial charge >= 0.3 is 16.8 Å². The molecule has 6 aromatic rings. The van der Waals surface area contributed by atoms with E-state index in [0.717, 1.165) is 84.0 Å². The molecule has 0 aliphatic heterocycles. The van der Waals surface area contributed by atoms with Crippen LogP contribution in [-0.2, 0) is 26.4 Å². The first-order chi connectivity index (χ1) is 27.5. The van der Waals surface area contributed by atoms with Gasteiger partial charge in [0.25, 0.3) is 0 Å². The van der Waals surface area contributed by atoms with Gasteiger partial charge in [-0.2, -0.15) is 0 Å². The predicted molar refractivity (Wildman–Crippen MR) is 223 cm³/mol. The van der Waals surface area contributed by atoms with Gasteiger partial charge in [0.2, 0.25) is 0 Å². The van der Waals surface area contributed by atoms with Crippen molar-refractivity contribution in [3.63, 3.8) is 0 Å². The van der Waals surface area contributed by atoms with Crippen molar-refractivity contribution in [2.24, 2.45) is 15.9 Å². The molecule has 0 amide bonds. The number of carbonyl (C=O) groups is 2. The van der Waals surface area contributed by atoms with Crippen molar-refractivity contribution >= 4 is 24.4 Å². The molecule has 2 bridgehead atoms. The van der Waals surface area contributed by atoms with Crippen LogP contribution in [0.4, 0.5) is 0 Å². The summed E-state index contributed by atoms with van der Waals surface area (Å²) in [6, 6.07) is 48.7. The smallest absolute Gasteiger partial charge is 0.550 e. The molecule has 3 atom stereocenters. The van der Waals surface area contributed by atoms with E-state index >= 15 is 0 Å². The molecule has 8 nitrogen and oxygen atoms in total. The normalized spacial score (nSPS) is 17.8. The third-order valence-corrected chi connectivity index (χ3v) is 10.3. The number of carbonyl (C=O) groups excluding carboxylic acids is 2. The standard InChI is InChI=1S/C45H38N2O2.2C2H4O2.Co/c48-43-38(24-36(32-13-5-1-6-14-32)26-40(43)34-17-9-3-10-18-34)29-46-42-23-31-21-22-45(42,28-31)47-30-39-25-37(33-15-7-2-8-16-33)27-41(44(39)49)35-19-11-4-12-20-35;2*1-2(3)4;/h1-20,24-27,29-31,42,48-49H,21-23,28H2;2*1H3,(H,3,4);/q;;;+2/p-2. The van der Waals surface area contributed by atoms with Gasteiger partial charge in [0, 0.05) is 46.6 Å². The molecule has 1 radical (unpaired) electrons. The fourth-order valence-corrected chi connectivity index (χ4v) is 7.75. The van der Waals surface area contributed by atoms with Crippen molar-refractivity contribution in [3.05, 3.63) is 157 Å². The number of phenolic OH excluding ortho intramolecular Hbond substituents is 2. The maximum Gasteiger partial charge on any atom is 2.00 e. The second kappa shape index (κ2) is 19.7. The van der Waals surface area contributed by atoms with Crippen LogP contribution in [0.2, 0.25) is 0 Å². The molecule has 8 rings (SSSR count). The van der Waals surface area contributed by atoms with Crippen LogP contribution in [0.1, 0.15) is 50.7 Å². The van der Waals surface area contributed by atoms with Gasteiger partial charge in [-0.05, 0) is 103 Å². The number of rotatable bonds is 8. The van der Waals surface area contributed by atoms with E-state index in [9.17, 15) is 10.2 Å². The number of carboxylic acids is 2. The third kappa shape index (κ3) is 10.6. The summed E-state index contributed by atoms with van der Waals surface area (Å²) < 4.78 is 0. The number of hydrogen-bond donors (Lipinski definition) is 2. The second-order valence-corrected chi connectivity index (χ2v) is 14.4. The van der Waals surface area contributed by atoms with Gasteiger partial charge in [-0.15, -0.1) is 0 Å². The minimum Gasteiger partial charge on any atom is -0.550 e. The zero-order chi connectivity index (χ0) is 40.4. The molecule has 2 aliphatic carbocycles. The van der Waals surface area contributed by atoms with E-state index in [2.05, 4.69) is 36.4 Å². The van der Waals surface area contributed by atoms with Crippen molar-refractivity contribution in [1.29, 1.82) is 0 Å². The van der Waals surface area contributed by atoms with Crippen LogP contribution in [-0.4, -0.2) is 46.2 Å². The van der Waals surface area contributed by atoms with Gasteiger partial charge in [0.05, 0.1) is 11.6 Å². The van der Waals surface area contributed by atoms with E-state index in [1.807, 2.05) is 122 Å². The molecule has 3 unspecified atom stereocenters. The van der Waals surface area contributed by atoms with Gasteiger partial charge in [-0.1, -0.05) is 121 Å². The SMILES string of the molecule is CC(=O)[O-].CC(=O)[O-].Oc1c(C=NC2CC3CCC2(N=Cc2cc(-c4ccccc4)cc(-c4ccccc4)c2O)C3)cc(-c2ccccc2)cc1-c1ccccc1.[Co+2]. The summed E-state index contributed by atoms with van der Waals surface area (Å²) in [5.74, 6) is -1.14. The molecule has 0 aromatic heterocycles. The molecule has 9 heteroatoms. The van der Waals surface area contributed by atoms with Gasteiger partial charge in [-0.25, -0.2) is 0 Å². The van der Waals surface area contributed by atoms with E-state index in [0.29, 0.717) is 17.0 Å². The summed E-state index contributed by atoms with van der Waals surface area (Å²) in [4.78, 5) is 28.3. The van der Waals surface area contributed by atoms with Crippen molar-refractivity contribution in [2.75, 3.05) is 0 Å². The van der Waals surface area contributed by atoms with E-state index in [1.54, 1.807) is 0 Å². The largest absolute Gasteiger partial charge is 2.00 e. The summed E-state index contributed by atoms with van der Waals surface area (Å²) in [5, 5.41) is 40.9. The summed E-state index contributed by atoms with van der Waals surface area (Å²) in [5.41, 5.74) is 8.78. The molecule has 6 aromatic carbocycles. The first kappa shape index (κ1) is 42.8. The van der Waals surface area contributed by atoms with Crippen molar-refractivity contribution in [1.82, 2.24) is 0 Å². The maximum absolute atomic E-state index is 11.6. The van der Waals surface area contributed by atoms with Crippen LogP contribution in [0.5, 0.6) is 11.5 Å². The Morgan fingerprint density at radius 2 is 0.983 bits per heavy atom. The van der Waals surface area contributed by atoms with Crippen LogP contribution in [0.25, 0.3) is 44.5 Å². The summed E-state index contributed by atoms with van der Waals surface area (Å²) in [6.45, 7) is 1.94. The summed E-state index contributed by atoms with van der Waals surface area (Å²) in [6.07, 6.45) is 7.75.